The van der Waals surface area contributed by atoms with Gasteiger partial charge in [0, 0.05) is 33.5 Å². The molecule has 0 fully saturated rings. The molecule has 8 aromatic carbocycles. The number of nitrogens with zero attached hydrogens (tertiary/aromatic N) is 2. The average Bonchev–Trinajstić information content (AvgIpc) is 3.17. The molecule has 58 heavy (non-hydrogen) atoms. The summed E-state index contributed by atoms with van der Waals surface area (Å²) in [6.07, 6.45) is 0. The van der Waals surface area contributed by atoms with Crippen molar-refractivity contribution >= 4 is 66.4 Å². The highest BCUT2D eigenvalue weighted by Gasteiger charge is 2.30. The SMILES string of the molecule is CC(C)(C)c1ccc(N(c2ccccc2)c2ccc3c(C(C)(C)C)cc4c(C(C)(C)C)cc(N(c5ccccc5)c5ccc(C(C)(C)C)cc5)c5ccc2c3c54)cc1. The molecule has 0 aromatic heterocycles. The molecule has 0 saturated carbocycles. The van der Waals surface area contributed by atoms with Gasteiger partial charge in [-0.15, -0.1) is 0 Å². The molecular formula is C56H60N2. The molecule has 0 aliphatic carbocycles. The van der Waals surface area contributed by atoms with Gasteiger partial charge in [-0.1, -0.05) is 162 Å². The zero-order valence-electron chi connectivity index (χ0n) is 36.8. The Balaban J connectivity index is 1.50. The van der Waals surface area contributed by atoms with Crippen molar-refractivity contribution in [2.45, 2.75) is 105 Å². The van der Waals surface area contributed by atoms with E-state index in [0.717, 1.165) is 22.7 Å². The Labute approximate surface area is 347 Å². The van der Waals surface area contributed by atoms with Crippen LogP contribution in [0.5, 0.6) is 0 Å². The van der Waals surface area contributed by atoms with Gasteiger partial charge in [-0.25, -0.2) is 0 Å². The molecule has 0 N–H and O–H groups in total. The predicted molar refractivity (Wildman–Crippen MR) is 254 cm³/mol. The molecule has 8 rings (SSSR count). The highest BCUT2D eigenvalue weighted by Crippen LogP contribution is 2.52. The minimum atomic E-state index is -0.127. The molecule has 0 saturated heterocycles. The van der Waals surface area contributed by atoms with Crippen LogP contribution in [0.1, 0.15) is 105 Å². The molecule has 0 heterocycles. The summed E-state index contributed by atoms with van der Waals surface area (Å²) in [5, 5.41) is 7.81. The second-order valence-corrected chi connectivity index (χ2v) is 20.4. The first-order chi connectivity index (χ1) is 27.3. The molecular weight excluding hydrogens is 701 g/mol. The Bertz CT molecular complexity index is 2700. The zero-order chi connectivity index (χ0) is 41.4. The molecule has 0 aliphatic heterocycles. The van der Waals surface area contributed by atoms with Crippen LogP contribution in [-0.4, -0.2) is 0 Å². The fourth-order valence-corrected chi connectivity index (χ4v) is 8.80. The zero-order valence-corrected chi connectivity index (χ0v) is 36.8. The van der Waals surface area contributed by atoms with Gasteiger partial charge in [0.1, 0.15) is 0 Å². The molecule has 2 nitrogen and oxygen atoms in total. The molecule has 0 atom stereocenters. The fourth-order valence-electron chi connectivity index (χ4n) is 8.80. The normalized spacial score (nSPS) is 12.8. The third-order valence-electron chi connectivity index (χ3n) is 12.0. The Morgan fingerprint density at radius 3 is 1.09 bits per heavy atom. The van der Waals surface area contributed by atoms with Gasteiger partial charge in [-0.3, -0.25) is 0 Å². The number of rotatable bonds is 6. The van der Waals surface area contributed by atoms with Crippen LogP contribution in [0.25, 0.3) is 32.3 Å². The van der Waals surface area contributed by atoms with Crippen molar-refractivity contribution < 1.29 is 0 Å². The third-order valence-corrected chi connectivity index (χ3v) is 12.0. The Morgan fingerprint density at radius 2 is 0.655 bits per heavy atom. The summed E-state index contributed by atoms with van der Waals surface area (Å²) in [5.41, 5.74) is 12.3. The van der Waals surface area contributed by atoms with Crippen LogP contribution in [-0.2, 0) is 21.7 Å². The largest absolute Gasteiger partial charge is 0.310 e. The molecule has 0 aliphatic rings. The van der Waals surface area contributed by atoms with Crippen molar-refractivity contribution in [1.82, 2.24) is 0 Å². The number of hydrogen-bond donors (Lipinski definition) is 0. The van der Waals surface area contributed by atoms with E-state index in [4.69, 9.17) is 0 Å². The Kier molecular flexibility index (Phi) is 9.50. The van der Waals surface area contributed by atoms with Gasteiger partial charge in [0.25, 0.3) is 0 Å². The van der Waals surface area contributed by atoms with Crippen LogP contribution in [0.15, 0.2) is 146 Å². The molecule has 0 spiro atoms. The van der Waals surface area contributed by atoms with E-state index < -0.39 is 0 Å². The molecule has 0 radical (unpaired) electrons. The van der Waals surface area contributed by atoms with Crippen LogP contribution in [0.2, 0.25) is 0 Å². The van der Waals surface area contributed by atoms with Crippen molar-refractivity contribution in [3.63, 3.8) is 0 Å². The third kappa shape index (κ3) is 7.02. The first-order valence-corrected chi connectivity index (χ1v) is 21.0. The monoisotopic (exact) mass is 760 g/mol. The summed E-state index contributed by atoms with van der Waals surface area (Å²) in [4.78, 5) is 4.93. The van der Waals surface area contributed by atoms with Gasteiger partial charge in [0.15, 0.2) is 0 Å². The summed E-state index contributed by atoms with van der Waals surface area (Å²) in [5.74, 6) is 0. The molecule has 0 amide bonds. The number of para-hydroxylation sites is 2. The summed E-state index contributed by atoms with van der Waals surface area (Å²) < 4.78 is 0. The van der Waals surface area contributed by atoms with Crippen molar-refractivity contribution in [3.8, 4) is 0 Å². The van der Waals surface area contributed by atoms with Crippen LogP contribution in [0, 0.1) is 0 Å². The van der Waals surface area contributed by atoms with E-state index in [9.17, 15) is 0 Å². The molecule has 0 unspecified atom stereocenters. The number of benzene rings is 8. The van der Waals surface area contributed by atoms with Crippen LogP contribution in [0.3, 0.4) is 0 Å². The Morgan fingerprint density at radius 1 is 0.293 bits per heavy atom. The van der Waals surface area contributed by atoms with Gasteiger partial charge >= 0.3 is 0 Å². The van der Waals surface area contributed by atoms with E-state index in [2.05, 4.69) is 238 Å². The Hall–Kier alpha value is -5.60. The van der Waals surface area contributed by atoms with Crippen molar-refractivity contribution in [2.24, 2.45) is 0 Å². The van der Waals surface area contributed by atoms with E-state index in [1.165, 1.54) is 65.9 Å². The highest BCUT2D eigenvalue weighted by molar-refractivity contribution is 6.29. The second kappa shape index (κ2) is 14.0. The molecule has 0 bridgehead atoms. The van der Waals surface area contributed by atoms with Crippen LogP contribution >= 0.6 is 0 Å². The molecule has 2 heteroatoms. The predicted octanol–water partition coefficient (Wildman–Crippen LogP) is 16.7. The van der Waals surface area contributed by atoms with Gasteiger partial charge < -0.3 is 9.80 Å². The lowest BCUT2D eigenvalue weighted by atomic mass is 9.76. The maximum absolute atomic E-state index is 2.53. The summed E-state index contributed by atoms with van der Waals surface area (Å²) >= 11 is 0. The van der Waals surface area contributed by atoms with Gasteiger partial charge in [0.05, 0.1) is 11.4 Å². The van der Waals surface area contributed by atoms with Crippen LogP contribution in [0.4, 0.5) is 34.1 Å². The lowest BCUT2D eigenvalue weighted by Gasteiger charge is -2.34. The quantitative estimate of drug-likeness (QED) is 0.156. The smallest absolute Gasteiger partial charge is 0.0543 e. The second-order valence-electron chi connectivity index (χ2n) is 20.4. The minimum Gasteiger partial charge on any atom is -0.310 e. The topological polar surface area (TPSA) is 6.48 Å². The minimum absolute atomic E-state index is 0.0627. The van der Waals surface area contributed by atoms with E-state index in [-0.39, 0.29) is 21.7 Å². The van der Waals surface area contributed by atoms with Gasteiger partial charge in [-0.05, 0) is 132 Å². The molecule has 8 aromatic rings. The lowest BCUT2D eigenvalue weighted by Crippen LogP contribution is -2.18. The van der Waals surface area contributed by atoms with Crippen molar-refractivity contribution in [2.75, 3.05) is 9.80 Å². The van der Waals surface area contributed by atoms with Gasteiger partial charge in [0.2, 0.25) is 0 Å². The molecule has 294 valence electrons. The fraction of sp³-hybridized carbons (Fsp3) is 0.286. The van der Waals surface area contributed by atoms with Crippen LogP contribution < -0.4 is 9.80 Å². The lowest BCUT2D eigenvalue weighted by molar-refractivity contribution is 0.590. The van der Waals surface area contributed by atoms with Crippen molar-refractivity contribution in [1.29, 1.82) is 0 Å². The van der Waals surface area contributed by atoms with E-state index in [1.54, 1.807) is 0 Å². The number of anilines is 6. The first kappa shape index (κ1) is 39.2. The standard InChI is InChI=1S/C56H60N2/c1-53(2,3)37-23-27-41(28-24-37)57(39-19-15-13-16-20-39)49-34-33-43-47(55(7,8)9)35-46-48(56(10,11)12)36-50(45-32-31-44(49)51(43)52(45)46)58(40-21-17-14-18-22-40)42-29-25-38(26-30-42)54(4,5)6/h13-36H,1-12H3. The first-order valence-electron chi connectivity index (χ1n) is 21.0. The van der Waals surface area contributed by atoms with Crippen molar-refractivity contribution in [3.05, 3.63) is 168 Å². The maximum Gasteiger partial charge on any atom is 0.0543 e. The summed E-state index contributed by atoms with van der Waals surface area (Å²) in [7, 11) is 0. The van der Waals surface area contributed by atoms with E-state index in [1.807, 2.05) is 0 Å². The van der Waals surface area contributed by atoms with E-state index >= 15 is 0 Å². The van der Waals surface area contributed by atoms with Gasteiger partial charge in [-0.2, -0.15) is 0 Å². The maximum atomic E-state index is 2.53. The highest BCUT2D eigenvalue weighted by atomic mass is 15.1. The average molecular weight is 761 g/mol. The summed E-state index contributed by atoms with van der Waals surface area (Å²) in [6.45, 7) is 27.9. The summed E-state index contributed by atoms with van der Waals surface area (Å²) in [6, 6.07) is 54.8. The van der Waals surface area contributed by atoms with E-state index in [0.29, 0.717) is 0 Å². The number of hydrogen-bond acceptors (Lipinski definition) is 2.